The number of hydrogen-bond donors (Lipinski definition) is 0. The molecular weight excluding hydrogens is 615 g/mol. The molecule has 236 valence electrons. The average Bonchev–Trinajstić information content (AvgIpc) is 3.74. The molecule has 0 bridgehead atoms. The van der Waals surface area contributed by atoms with E-state index in [0.717, 1.165) is 44.5 Å². The number of fused-ring (bicyclic) bond motifs is 7. The van der Waals surface area contributed by atoms with Gasteiger partial charge in [0.2, 0.25) is 0 Å². The van der Waals surface area contributed by atoms with Crippen molar-refractivity contribution in [3.05, 3.63) is 175 Å². The van der Waals surface area contributed by atoms with Crippen molar-refractivity contribution in [2.45, 2.75) is 12.0 Å². The number of para-hydroxylation sites is 2. The maximum absolute atomic E-state index is 6.62. The lowest BCUT2D eigenvalue weighted by Crippen LogP contribution is -2.30. The fraction of sp³-hybridized carbons (Fsp3) is 0.0455. The van der Waals surface area contributed by atoms with Gasteiger partial charge in [0.1, 0.15) is 11.3 Å². The molecule has 0 fully saturated rings. The average molecular weight is 644 g/mol. The van der Waals surface area contributed by atoms with Gasteiger partial charge in [-0.3, -0.25) is 4.98 Å². The van der Waals surface area contributed by atoms with Gasteiger partial charge in [0, 0.05) is 57.3 Å². The molecule has 0 amide bonds. The van der Waals surface area contributed by atoms with Gasteiger partial charge in [0.05, 0.1) is 6.04 Å². The lowest BCUT2D eigenvalue weighted by Gasteiger charge is -2.30. The quantitative estimate of drug-likeness (QED) is 0.186. The van der Waals surface area contributed by atoms with Crippen molar-refractivity contribution >= 4 is 28.4 Å². The van der Waals surface area contributed by atoms with Crippen LogP contribution in [0.3, 0.4) is 0 Å². The van der Waals surface area contributed by atoms with E-state index in [1.54, 1.807) is 12.4 Å². The molecule has 5 aromatic carbocycles. The molecule has 0 saturated heterocycles. The van der Waals surface area contributed by atoms with E-state index in [1.807, 2.05) is 18.2 Å². The molecule has 0 N–H and O–H groups in total. The standard InChI is InChI=1S/C44H29N5O/c1-3-10-28(11-4-1)29-17-19-30(20-18-29)42-46-43(48-44(47-42)32-12-9-25-45-27-32)31-21-22-35-39(26-31)50-38-24-23-37-40(41(35)38)34-15-7-8-16-36(34)49(37)33-13-5-2-6-14-33/h1-27,37,40H. The topological polar surface area (TPSA) is 67.9 Å². The van der Waals surface area contributed by atoms with Crippen LogP contribution in [-0.4, -0.2) is 26.0 Å². The summed E-state index contributed by atoms with van der Waals surface area (Å²) in [6.45, 7) is 0. The van der Waals surface area contributed by atoms with Gasteiger partial charge in [-0.15, -0.1) is 0 Å². The first-order chi connectivity index (χ1) is 24.8. The number of anilines is 2. The second-order valence-corrected chi connectivity index (χ2v) is 12.7. The first-order valence-corrected chi connectivity index (χ1v) is 16.8. The molecule has 2 atom stereocenters. The summed E-state index contributed by atoms with van der Waals surface area (Å²) in [6, 6.07) is 48.4. The Labute approximate surface area is 289 Å². The first kappa shape index (κ1) is 28.4. The third kappa shape index (κ3) is 4.65. The van der Waals surface area contributed by atoms with Gasteiger partial charge in [-0.1, -0.05) is 109 Å². The minimum Gasteiger partial charge on any atom is -0.456 e. The summed E-state index contributed by atoms with van der Waals surface area (Å²) >= 11 is 0. The monoisotopic (exact) mass is 643 g/mol. The normalized spacial score (nSPS) is 15.9. The highest BCUT2D eigenvalue weighted by molar-refractivity contribution is 5.92. The second kappa shape index (κ2) is 11.5. The third-order valence-electron chi connectivity index (χ3n) is 9.78. The number of pyridine rings is 1. The molecular formula is C44H29N5O. The third-order valence-corrected chi connectivity index (χ3v) is 9.78. The second-order valence-electron chi connectivity index (χ2n) is 12.7. The molecule has 0 saturated carbocycles. The van der Waals surface area contributed by atoms with Gasteiger partial charge in [0.25, 0.3) is 0 Å². The van der Waals surface area contributed by atoms with Crippen LogP contribution in [0.4, 0.5) is 11.4 Å². The van der Waals surface area contributed by atoms with Crippen LogP contribution in [0, 0.1) is 0 Å². The Morgan fingerprint density at radius 1 is 0.560 bits per heavy atom. The highest BCUT2D eigenvalue weighted by atomic mass is 16.3. The lowest BCUT2D eigenvalue weighted by molar-refractivity contribution is 0.584. The van der Waals surface area contributed by atoms with Crippen molar-refractivity contribution in [2.24, 2.45) is 0 Å². The Morgan fingerprint density at radius 2 is 1.20 bits per heavy atom. The van der Waals surface area contributed by atoms with Crippen molar-refractivity contribution < 1.29 is 4.42 Å². The van der Waals surface area contributed by atoms with E-state index in [-0.39, 0.29) is 12.0 Å². The van der Waals surface area contributed by atoms with Crippen molar-refractivity contribution in [3.63, 3.8) is 0 Å². The Hall–Kier alpha value is -6.66. The van der Waals surface area contributed by atoms with Crippen molar-refractivity contribution in [3.8, 4) is 45.3 Å². The number of nitrogens with zero attached hydrogens (tertiary/aromatic N) is 5. The maximum Gasteiger partial charge on any atom is 0.165 e. The zero-order chi connectivity index (χ0) is 33.0. The van der Waals surface area contributed by atoms with Crippen molar-refractivity contribution in [1.82, 2.24) is 19.9 Å². The van der Waals surface area contributed by atoms with Crippen LogP contribution >= 0.6 is 0 Å². The summed E-state index contributed by atoms with van der Waals surface area (Å²) in [5.74, 6) is 2.78. The number of hydrogen-bond acceptors (Lipinski definition) is 6. The molecule has 2 unspecified atom stereocenters. The van der Waals surface area contributed by atoms with Gasteiger partial charge in [0.15, 0.2) is 17.5 Å². The summed E-state index contributed by atoms with van der Waals surface area (Å²) in [6.07, 6.45) is 7.96. The van der Waals surface area contributed by atoms with Crippen LogP contribution in [0.2, 0.25) is 0 Å². The van der Waals surface area contributed by atoms with Crippen molar-refractivity contribution in [1.29, 1.82) is 0 Å². The summed E-state index contributed by atoms with van der Waals surface area (Å²) in [7, 11) is 0. The summed E-state index contributed by atoms with van der Waals surface area (Å²) < 4.78 is 6.62. The largest absolute Gasteiger partial charge is 0.456 e. The Kier molecular flexibility index (Phi) is 6.52. The summed E-state index contributed by atoms with van der Waals surface area (Å²) in [5.41, 5.74) is 10.6. The van der Waals surface area contributed by atoms with E-state index in [9.17, 15) is 0 Å². The molecule has 4 heterocycles. The lowest BCUT2D eigenvalue weighted by atomic mass is 9.82. The fourth-order valence-electron chi connectivity index (χ4n) is 7.49. The molecule has 2 aliphatic rings. The molecule has 1 aliphatic carbocycles. The minimum atomic E-state index is 0.137. The fourth-order valence-corrected chi connectivity index (χ4v) is 7.49. The molecule has 10 rings (SSSR count). The molecule has 0 radical (unpaired) electrons. The predicted octanol–water partition coefficient (Wildman–Crippen LogP) is 10.4. The molecule has 50 heavy (non-hydrogen) atoms. The maximum atomic E-state index is 6.62. The van der Waals surface area contributed by atoms with E-state index >= 15 is 0 Å². The Morgan fingerprint density at radius 3 is 1.98 bits per heavy atom. The van der Waals surface area contributed by atoms with Gasteiger partial charge in [-0.2, -0.15) is 0 Å². The number of benzene rings is 5. The first-order valence-electron chi connectivity index (χ1n) is 16.8. The van der Waals surface area contributed by atoms with Crippen LogP contribution in [0.25, 0.3) is 62.3 Å². The number of rotatable bonds is 5. The van der Waals surface area contributed by atoms with E-state index < -0.39 is 0 Å². The van der Waals surface area contributed by atoms with Crippen LogP contribution < -0.4 is 4.90 Å². The van der Waals surface area contributed by atoms with Crippen molar-refractivity contribution in [2.75, 3.05) is 4.90 Å². The van der Waals surface area contributed by atoms with E-state index in [0.29, 0.717) is 17.5 Å². The highest BCUT2D eigenvalue weighted by Gasteiger charge is 2.43. The highest BCUT2D eigenvalue weighted by Crippen LogP contribution is 2.53. The Bertz CT molecular complexity index is 2540. The summed E-state index contributed by atoms with van der Waals surface area (Å²) in [5, 5.41) is 1.10. The van der Waals surface area contributed by atoms with Crippen LogP contribution in [0.5, 0.6) is 0 Å². The van der Waals surface area contributed by atoms with Gasteiger partial charge >= 0.3 is 0 Å². The molecule has 8 aromatic rings. The van der Waals surface area contributed by atoms with E-state index in [4.69, 9.17) is 19.4 Å². The Balaban J connectivity index is 1.07. The predicted molar refractivity (Wildman–Crippen MR) is 199 cm³/mol. The molecule has 1 aliphatic heterocycles. The number of aromatic nitrogens is 4. The zero-order valence-electron chi connectivity index (χ0n) is 26.9. The summed E-state index contributed by atoms with van der Waals surface area (Å²) in [4.78, 5) is 21.7. The SMILES string of the molecule is C1=CC2C(c3ccccc3N2c2ccccc2)c2c1oc1cc(-c3nc(-c4ccc(-c5ccccc5)cc4)nc(-c4cccnc4)n3)ccc21. The molecule has 6 heteroatoms. The number of furan rings is 1. The van der Waals surface area contributed by atoms with Crippen LogP contribution in [0.1, 0.15) is 22.8 Å². The zero-order valence-corrected chi connectivity index (χ0v) is 26.9. The van der Waals surface area contributed by atoms with E-state index in [2.05, 4.69) is 143 Å². The van der Waals surface area contributed by atoms with Crippen LogP contribution in [-0.2, 0) is 0 Å². The van der Waals surface area contributed by atoms with Gasteiger partial charge < -0.3 is 9.32 Å². The minimum absolute atomic E-state index is 0.137. The van der Waals surface area contributed by atoms with Gasteiger partial charge in [-0.25, -0.2) is 15.0 Å². The van der Waals surface area contributed by atoms with Gasteiger partial charge in [-0.05, 0) is 59.2 Å². The molecule has 6 nitrogen and oxygen atoms in total. The van der Waals surface area contributed by atoms with Crippen LogP contribution in [0.15, 0.2) is 162 Å². The molecule has 3 aromatic heterocycles. The van der Waals surface area contributed by atoms with E-state index in [1.165, 1.54) is 22.5 Å². The molecule has 0 spiro atoms. The smallest absolute Gasteiger partial charge is 0.165 e.